The molecule has 0 saturated carbocycles. The van der Waals surface area contributed by atoms with E-state index in [0.29, 0.717) is 0 Å². The molecule has 34 heavy (non-hydrogen) atoms. The lowest BCUT2D eigenvalue weighted by Crippen LogP contribution is -2.65. The molecule has 0 unspecified atom stereocenters. The number of hydrogen-bond acceptors (Lipinski definition) is 13. The Labute approximate surface area is 193 Å². The molecule has 0 aliphatic carbocycles. The van der Waals surface area contributed by atoms with Gasteiger partial charge in [-0.25, -0.2) is 0 Å². The van der Waals surface area contributed by atoms with Crippen LogP contribution in [-0.4, -0.2) is 121 Å². The fourth-order valence-corrected chi connectivity index (χ4v) is 3.66. The fraction of sp³-hybridized carbons (Fsp3) is 0.650. The van der Waals surface area contributed by atoms with Crippen LogP contribution in [0.2, 0.25) is 0 Å². The van der Waals surface area contributed by atoms with E-state index in [9.17, 15) is 40.5 Å². The van der Waals surface area contributed by atoms with Crippen LogP contribution in [0, 0.1) is 0 Å². The van der Waals surface area contributed by atoms with Crippen LogP contribution in [0.25, 0.3) is 0 Å². The number of benzene rings is 1. The van der Waals surface area contributed by atoms with Gasteiger partial charge in [0.1, 0.15) is 54.5 Å². The molecule has 0 amide bonds. The van der Waals surface area contributed by atoms with E-state index in [1.165, 1.54) is 24.3 Å². The Morgan fingerprint density at radius 3 is 1.91 bits per heavy atom. The Morgan fingerprint density at radius 1 is 0.853 bits per heavy atom. The maximum atomic E-state index is 11.0. The number of aliphatic hydroxyl groups excluding tert-OH is 7. The molecule has 1 aromatic carbocycles. The molecule has 192 valence electrons. The van der Waals surface area contributed by atoms with Crippen molar-refractivity contribution in [1.29, 1.82) is 0 Å². The standard InChI is InChI=1S/C20H29NO13/c21-11(18(29)30)7-1-3-8(4-2-7)31-20-17(15(27)13(25)10(6-23)33-20)34-19-16(28)14(26)12(24)9(5-22)32-19/h1-4,9-17,19-20,22-28H,5-6,21H2,(H,29,30)/t9-,10-,11+,12-,13-,14+,15+,16+,17+,19-,20+/m1/s1. The minimum Gasteiger partial charge on any atom is -0.480 e. The second kappa shape index (κ2) is 11.2. The van der Waals surface area contributed by atoms with E-state index in [2.05, 4.69) is 0 Å². The monoisotopic (exact) mass is 491 g/mol. The first-order chi connectivity index (χ1) is 16.1. The van der Waals surface area contributed by atoms with E-state index < -0.39 is 86.6 Å². The third-order valence-corrected chi connectivity index (χ3v) is 5.72. The van der Waals surface area contributed by atoms with Crippen molar-refractivity contribution in [3.63, 3.8) is 0 Å². The van der Waals surface area contributed by atoms with Crippen LogP contribution < -0.4 is 10.5 Å². The molecule has 0 radical (unpaired) electrons. The van der Waals surface area contributed by atoms with Crippen LogP contribution in [0.3, 0.4) is 0 Å². The van der Waals surface area contributed by atoms with Gasteiger partial charge in [0.05, 0.1) is 13.2 Å². The fourth-order valence-electron chi connectivity index (χ4n) is 3.66. The largest absolute Gasteiger partial charge is 0.480 e. The number of rotatable bonds is 8. The number of aliphatic carboxylic acids is 1. The SMILES string of the molecule is N[C@H](C(=O)O)c1ccc(O[C@H]2O[C@H](CO)[C@@H](O)[C@H](O)[C@@H]2O[C@H]2O[C@H](CO)[C@@H](O)[C@H](O)[C@@H]2O)cc1. The van der Waals surface area contributed by atoms with Crippen molar-refractivity contribution in [3.8, 4) is 5.75 Å². The van der Waals surface area contributed by atoms with Crippen LogP contribution >= 0.6 is 0 Å². The highest BCUT2D eigenvalue weighted by Gasteiger charge is 2.51. The zero-order chi connectivity index (χ0) is 25.2. The molecule has 1 aromatic rings. The van der Waals surface area contributed by atoms with Crippen molar-refractivity contribution < 1.29 is 64.6 Å². The second-order valence-electron chi connectivity index (χ2n) is 8.01. The van der Waals surface area contributed by atoms with Crippen LogP contribution in [0.1, 0.15) is 11.6 Å². The summed E-state index contributed by atoms with van der Waals surface area (Å²) in [6.45, 7) is -1.40. The smallest absolute Gasteiger partial charge is 0.325 e. The maximum absolute atomic E-state index is 11.0. The molecular weight excluding hydrogens is 462 g/mol. The number of aliphatic hydroxyl groups is 7. The van der Waals surface area contributed by atoms with Gasteiger partial charge in [0.2, 0.25) is 6.29 Å². The average Bonchev–Trinajstić information content (AvgIpc) is 2.83. The Kier molecular flexibility index (Phi) is 8.77. The van der Waals surface area contributed by atoms with Gasteiger partial charge in [-0.3, -0.25) is 4.79 Å². The number of carboxylic acid groups (broad SMARTS) is 1. The molecule has 10 N–H and O–H groups in total. The van der Waals surface area contributed by atoms with E-state index in [4.69, 9.17) is 29.8 Å². The predicted octanol–water partition coefficient (Wildman–Crippen LogP) is -4.23. The molecule has 2 fully saturated rings. The summed E-state index contributed by atoms with van der Waals surface area (Å²) in [4.78, 5) is 11.0. The van der Waals surface area contributed by atoms with Gasteiger partial charge in [-0.15, -0.1) is 0 Å². The number of ether oxygens (including phenoxy) is 4. The highest BCUT2D eigenvalue weighted by atomic mass is 16.8. The molecule has 2 saturated heterocycles. The Balaban J connectivity index is 1.81. The summed E-state index contributed by atoms with van der Waals surface area (Å²) in [6.07, 6.45) is -15.8. The number of carbonyl (C=O) groups is 1. The van der Waals surface area contributed by atoms with Crippen molar-refractivity contribution in [2.75, 3.05) is 13.2 Å². The van der Waals surface area contributed by atoms with Crippen LogP contribution in [0.15, 0.2) is 24.3 Å². The van der Waals surface area contributed by atoms with E-state index in [1.807, 2.05) is 0 Å². The zero-order valence-electron chi connectivity index (χ0n) is 17.8. The molecule has 0 bridgehead atoms. The summed E-state index contributed by atoms with van der Waals surface area (Å²) < 4.78 is 22.0. The van der Waals surface area contributed by atoms with E-state index in [1.54, 1.807) is 0 Å². The Morgan fingerprint density at radius 2 is 1.38 bits per heavy atom. The molecule has 0 aromatic heterocycles. The number of nitrogens with two attached hydrogens (primary N) is 1. The third kappa shape index (κ3) is 5.48. The first-order valence-electron chi connectivity index (χ1n) is 10.4. The summed E-state index contributed by atoms with van der Waals surface area (Å²) in [7, 11) is 0. The first kappa shape index (κ1) is 26.7. The summed E-state index contributed by atoms with van der Waals surface area (Å²) >= 11 is 0. The molecular formula is C20H29NO13. The quantitative estimate of drug-likeness (QED) is 0.167. The Bertz CT molecular complexity index is 808. The number of hydrogen-bond donors (Lipinski definition) is 9. The zero-order valence-corrected chi connectivity index (χ0v) is 17.8. The van der Waals surface area contributed by atoms with E-state index in [-0.39, 0.29) is 11.3 Å². The van der Waals surface area contributed by atoms with Gasteiger partial charge in [0.15, 0.2) is 12.4 Å². The summed E-state index contributed by atoms with van der Waals surface area (Å²) in [5, 5.41) is 78.8. The lowest BCUT2D eigenvalue weighted by molar-refractivity contribution is -0.357. The minimum absolute atomic E-state index is 0.119. The molecule has 3 rings (SSSR count). The molecule has 2 heterocycles. The van der Waals surface area contributed by atoms with Crippen LogP contribution in [-0.2, 0) is 19.0 Å². The minimum atomic E-state index is -1.80. The molecule has 14 nitrogen and oxygen atoms in total. The molecule has 0 spiro atoms. The lowest BCUT2D eigenvalue weighted by atomic mass is 9.97. The van der Waals surface area contributed by atoms with Crippen molar-refractivity contribution >= 4 is 5.97 Å². The van der Waals surface area contributed by atoms with Crippen LogP contribution in [0.4, 0.5) is 0 Å². The highest BCUT2D eigenvalue weighted by molar-refractivity contribution is 5.75. The summed E-state index contributed by atoms with van der Waals surface area (Å²) in [5.41, 5.74) is 5.84. The van der Waals surface area contributed by atoms with Gasteiger partial charge >= 0.3 is 5.97 Å². The van der Waals surface area contributed by atoms with E-state index >= 15 is 0 Å². The summed E-state index contributed by atoms with van der Waals surface area (Å²) in [5.74, 6) is -1.12. The molecule has 14 heteroatoms. The summed E-state index contributed by atoms with van der Waals surface area (Å²) in [6, 6.07) is 4.26. The highest BCUT2D eigenvalue weighted by Crippen LogP contribution is 2.30. The molecule has 11 atom stereocenters. The van der Waals surface area contributed by atoms with Gasteiger partial charge in [-0.1, -0.05) is 12.1 Å². The van der Waals surface area contributed by atoms with Crippen molar-refractivity contribution in [2.24, 2.45) is 5.73 Å². The van der Waals surface area contributed by atoms with Crippen LogP contribution in [0.5, 0.6) is 5.75 Å². The van der Waals surface area contributed by atoms with Crippen molar-refractivity contribution in [3.05, 3.63) is 29.8 Å². The van der Waals surface area contributed by atoms with Gasteiger partial charge in [0.25, 0.3) is 0 Å². The number of carboxylic acids is 1. The molecule has 2 aliphatic heterocycles. The average molecular weight is 491 g/mol. The normalized spacial score (nSPS) is 39.4. The van der Waals surface area contributed by atoms with Crippen molar-refractivity contribution in [2.45, 2.75) is 67.5 Å². The van der Waals surface area contributed by atoms with Gasteiger partial charge in [0, 0.05) is 0 Å². The second-order valence-corrected chi connectivity index (χ2v) is 8.01. The topological polar surface area (TPSA) is 242 Å². The first-order valence-corrected chi connectivity index (χ1v) is 10.4. The van der Waals surface area contributed by atoms with Gasteiger partial charge in [-0.05, 0) is 17.7 Å². The maximum Gasteiger partial charge on any atom is 0.325 e. The van der Waals surface area contributed by atoms with E-state index in [0.717, 1.165) is 0 Å². The lowest BCUT2D eigenvalue weighted by Gasteiger charge is -2.45. The third-order valence-electron chi connectivity index (χ3n) is 5.72. The Hall–Kier alpha value is -1.95. The van der Waals surface area contributed by atoms with Crippen molar-refractivity contribution in [1.82, 2.24) is 0 Å². The predicted molar refractivity (Wildman–Crippen MR) is 108 cm³/mol. The van der Waals surface area contributed by atoms with Gasteiger partial charge < -0.3 is 65.5 Å². The molecule has 2 aliphatic rings. The van der Waals surface area contributed by atoms with Gasteiger partial charge in [-0.2, -0.15) is 0 Å².